The maximum absolute atomic E-state index is 13.2. The zero-order valence-electron chi connectivity index (χ0n) is 16.4. The molecule has 144 valence electrons. The molecule has 0 heterocycles. The van der Waals surface area contributed by atoms with Gasteiger partial charge in [0.15, 0.2) is 6.04 Å². The topological polar surface area (TPSA) is 54.9 Å². The Bertz CT molecular complexity index is 724. The summed E-state index contributed by atoms with van der Waals surface area (Å²) in [5.41, 5.74) is 1.78. The van der Waals surface area contributed by atoms with E-state index in [0.717, 1.165) is 17.2 Å². The number of nitrogens with two attached hydrogens (primary N) is 1. The second-order valence-corrected chi connectivity index (χ2v) is 7.52. The van der Waals surface area contributed by atoms with Crippen LogP contribution >= 0.6 is 0 Å². The number of para-hydroxylation sites is 2. The number of quaternary nitrogens is 1. The van der Waals surface area contributed by atoms with Crippen molar-refractivity contribution in [2.45, 2.75) is 51.6 Å². The molecular formula is C23H31N2O2+. The number of amides is 1. The van der Waals surface area contributed by atoms with Crippen LogP contribution in [0.25, 0.3) is 0 Å². The van der Waals surface area contributed by atoms with Gasteiger partial charge in [-0.3, -0.25) is 4.79 Å². The van der Waals surface area contributed by atoms with Gasteiger partial charge in [0, 0.05) is 5.56 Å². The number of carbonyl (C=O) groups excluding carboxylic acids is 1. The standard InChI is InChI=1S/C23H30N2O2/c1-3-27-21-12-8-7-11-20(21)25-23(26)22(18-9-5-4-6-10-18)24-19-15-13-17(2)14-16-19/h4-12,17,19,22,24H,3,13-16H2,1-2H3,(H,25,26)/p+1/t17?,19?,22-/m1/s1. The third kappa shape index (κ3) is 5.33. The predicted octanol–water partition coefficient (Wildman–Crippen LogP) is 3.91. The van der Waals surface area contributed by atoms with Crippen molar-refractivity contribution in [3.8, 4) is 5.75 Å². The van der Waals surface area contributed by atoms with Gasteiger partial charge in [0.25, 0.3) is 5.91 Å². The Kier molecular flexibility index (Phi) is 6.88. The summed E-state index contributed by atoms with van der Waals surface area (Å²) in [5.74, 6) is 1.52. The van der Waals surface area contributed by atoms with Gasteiger partial charge >= 0.3 is 0 Å². The molecule has 0 aromatic heterocycles. The maximum atomic E-state index is 13.2. The molecule has 3 N–H and O–H groups in total. The van der Waals surface area contributed by atoms with E-state index in [1.54, 1.807) is 0 Å². The Hall–Kier alpha value is -2.33. The van der Waals surface area contributed by atoms with Crippen LogP contribution in [0.1, 0.15) is 51.1 Å². The molecule has 3 rings (SSSR count). The quantitative estimate of drug-likeness (QED) is 0.780. The molecule has 4 heteroatoms. The molecule has 1 aliphatic carbocycles. The maximum Gasteiger partial charge on any atom is 0.287 e. The molecule has 4 nitrogen and oxygen atoms in total. The first kappa shape index (κ1) is 19.4. The second-order valence-electron chi connectivity index (χ2n) is 7.52. The van der Waals surface area contributed by atoms with E-state index in [-0.39, 0.29) is 11.9 Å². The van der Waals surface area contributed by atoms with E-state index >= 15 is 0 Å². The fraction of sp³-hybridized carbons (Fsp3) is 0.435. The van der Waals surface area contributed by atoms with Crippen LogP contribution in [-0.2, 0) is 4.79 Å². The first-order valence-electron chi connectivity index (χ1n) is 10.1. The summed E-state index contributed by atoms with van der Waals surface area (Å²) in [5, 5.41) is 5.36. The Morgan fingerprint density at radius 2 is 1.74 bits per heavy atom. The first-order valence-corrected chi connectivity index (χ1v) is 10.1. The Balaban J connectivity index is 1.77. The second kappa shape index (κ2) is 9.56. The van der Waals surface area contributed by atoms with Gasteiger partial charge in [0.1, 0.15) is 5.75 Å². The van der Waals surface area contributed by atoms with E-state index in [9.17, 15) is 4.79 Å². The predicted molar refractivity (Wildman–Crippen MR) is 109 cm³/mol. The summed E-state index contributed by atoms with van der Waals surface area (Å²) in [7, 11) is 0. The molecule has 1 saturated carbocycles. The Morgan fingerprint density at radius 3 is 2.44 bits per heavy atom. The monoisotopic (exact) mass is 367 g/mol. The van der Waals surface area contributed by atoms with Crippen LogP contribution in [0.2, 0.25) is 0 Å². The fourth-order valence-corrected chi connectivity index (χ4v) is 3.82. The number of nitrogens with one attached hydrogen (secondary N) is 1. The summed E-state index contributed by atoms with van der Waals surface area (Å²) in [6.45, 7) is 4.84. The van der Waals surface area contributed by atoms with Gasteiger partial charge in [0.2, 0.25) is 0 Å². The van der Waals surface area contributed by atoms with Gasteiger partial charge in [0.05, 0.1) is 18.3 Å². The molecule has 1 atom stereocenters. The van der Waals surface area contributed by atoms with E-state index < -0.39 is 0 Å². The van der Waals surface area contributed by atoms with Crippen LogP contribution in [0.5, 0.6) is 5.75 Å². The van der Waals surface area contributed by atoms with Crippen molar-refractivity contribution >= 4 is 11.6 Å². The highest BCUT2D eigenvalue weighted by Gasteiger charge is 2.30. The molecule has 2 aromatic carbocycles. The Labute approximate surface area is 162 Å². The van der Waals surface area contributed by atoms with Crippen LogP contribution in [0.15, 0.2) is 54.6 Å². The fourth-order valence-electron chi connectivity index (χ4n) is 3.82. The van der Waals surface area contributed by atoms with Gasteiger partial charge in [-0.05, 0) is 50.7 Å². The van der Waals surface area contributed by atoms with E-state index in [0.29, 0.717) is 18.4 Å². The van der Waals surface area contributed by atoms with Crippen LogP contribution in [-0.4, -0.2) is 18.6 Å². The number of ether oxygens (including phenoxy) is 1. The molecule has 0 aliphatic heterocycles. The molecule has 0 radical (unpaired) electrons. The lowest BCUT2D eigenvalue weighted by atomic mass is 9.86. The highest BCUT2D eigenvalue weighted by atomic mass is 16.5. The number of rotatable bonds is 7. The number of hydrogen-bond donors (Lipinski definition) is 2. The van der Waals surface area contributed by atoms with Crippen molar-refractivity contribution in [3.05, 3.63) is 60.2 Å². The molecule has 1 aliphatic rings. The molecule has 0 bridgehead atoms. The highest BCUT2D eigenvalue weighted by molar-refractivity contribution is 5.95. The van der Waals surface area contributed by atoms with Crippen LogP contribution < -0.4 is 15.4 Å². The lowest BCUT2D eigenvalue weighted by molar-refractivity contribution is -0.717. The lowest BCUT2D eigenvalue weighted by Crippen LogP contribution is -2.92. The Morgan fingerprint density at radius 1 is 1.07 bits per heavy atom. The molecule has 1 fully saturated rings. The third-order valence-electron chi connectivity index (χ3n) is 5.41. The van der Waals surface area contributed by atoms with Crippen molar-refractivity contribution in [1.29, 1.82) is 0 Å². The van der Waals surface area contributed by atoms with Crippen molar-refractivity contribution in [1.82, 2.24) is 0 Å². The molecule has 1 amide bonds. The molecule has 0 saturated heterocycles. The SMILES string of the molecule is CCOc1ccccc1NC(=O)[C@H]([NH2+]C1CCC(C)CC1)c1ccccc1. The van der Waals surface area contributed by atoms with Crippen molar-refractivity contribution in [3.63, 3.8) is 0 Å². The van der Waals surface area contributed by atoms with E-state index in [2.05, 4.69) is 17.6 Å². The number of carbonyl (C=O) groups is 1. The van der Waals surface area contributed by atoms with Crippen molar-refractivity contribution in [2.75, 3.05) is 11.9 Å². The van der Waals surface area contributed by atoms with Crippen LogP contribution in [0, 0.1) is 5.92 Å². The van der Waals surface area contributed by atoms with Gasteiger partial charge in [-0.15, -0.1) is 0 Å². The van der Waals surface area contributed by atoms with Crippen molar-refractivity contribution in [2.24, 2.45) is 5.92 Å². The summed E-state index contributed by atoms with van der Waals surface area (Å²) >= 11 is 0. The average molecular weight is 368 g/mol. The highest BCUT2D eigenvalue weighted by Crippen LogP contribution is 2.26. The summed E-state index contributed by atoms with van der Waals surface area (Å²) in [4.78, 5) is 13.2. The van der Waals surface area contributed by atoms with Gasteiger partial charge in [-0.2, -0.15) is 0 Å². The lowest BCUT2D eigenvalue weighted by Gasteiger charge is -2.28. The zero-order chi connectivity index (χ0) is 19.1. The molecule has 27 heavy (non-hydrogen) atoms. The number of anilines is 1. The molecule has 0 unspecified atom stereocenters. The molecule has 0 spiro atoms. The largest absolute Gasteiger partial charge is 0.492 e. The van der Waals surface area contributed by atoms with E-state index in [4.69, 9.17) is 4.74 Å². The average Bonchev–Trinajstić information content (AvgIpc) is 2.70. The minimum Gasteiger partial charge on any atom is -0.492 e. The normalized spacial score (nSPS) is 20.7. The minimum atomic E-state index is -0.251. The minimum absolute atomic E-state index is 0.00646. The summed E-state index contributed by atoms with van der Waals surface area (Å²) in [6.07, 6.45) is 4.84. The van der Waals surface area contributed by atoms with E-state index in [1.165, 1.54) is 25.7 Å². The number of hydrogen-bond acceptors (Lipinski definition) is 2. The van der Waals surface area contributed by atoms with Crippen LogP contribution in [0.4, 0.5) is 5.69 Å². The molecule has 2 aromatic rings. The van der Waals surface area contributed by atoms with Crippen molar-refractivity contribution < 1.29 is 14.8 Å². The first-order chi connectivity index (χ1) is 13.2. The van der Waals surface area contributed by atoms with Crippen LogP contribution in [0.3, 0.4) is 0 Å². The summed E-state index contributed by atoms with van der Waals surface area (Å²) in [6, 6.07) is 18.0. The van der Waals surface area contributed by atoms with Gasteiger partial charge < -0.3 is 15.4 Å². The zero-order valence-corrected chi connectivity index (χ0v) is 16.4. The third-order valence-corrected chi connectivity index (χ3v) is 5.41. The smallest absolute Gasteiger partial charge is 0.287 e. The number of benzene rings is 2. The summed E-state index contributed by atoms with van der Waals surface area (Å²) < 4.78 is 5.66. The van der Waals surface area contributed by atoms with Gasteiger partial charge in [-0.1, -0.05) is 49.4 Å². The van der Waals surface area contributed by atoms with E-state index in [1.807, 2.05) is 61.5 Å². The molecular weight excluding hydrogens is 336 g/mol. The van der Waals surface area contributed by atoms with Gasteiger partial charge in [-0.25, -0.2) is 0 Å².